The van der Waals surface area contributed by atoms with Gasteiger partial charge in [0.15, 0.2) is 0 Å². The van der Waals surface area contributed by atoms with Gasteiger partial charge in [-0.2, -0.15) is 0 Å². The molecule has 3 aromatic rings. The summed E-state index contributed by atoms with van der Waals surface area (Å²) in [6.07, 6.45) is 2.76. The Morgan fingerprint density at radius 3 is 1.42 bits per heavy atom. The molecule has 53 heavy (non-hydrogen) atoms. The zero-order valence-corrected chi connectivity index (χ0v) is 29.8. The average molecular weight is 735 g/mol. The average Bonchev–Trinajstić information content (AvgIpc) is 3.13. The molecular weight excluding hydrogens is 692 g/mol. The van der Waals surface area contributed by atoms with Crippen molar-refractivity contribution in [2.24, 2.45) is 0 Å². The highest BCUT2D eigenvalue weighted by molar-refractivity contribution is 5.91. The number of benzene rings is 3. The van der Waals surface area contributed by atoms with E-state index in [1.54, 1.807) is 25.1 Å². The summed E-state index contributed by atoms with van der Waals surface area (Å²) in [5.74, 6) is -0.705. The highest BCUT2D eigenvalue weighted by Crippen LogP contribution is 2.24. The minimum Gasteiger partial charge on any atom is -0.463 e. The van der Waals surface area contributed by atoms with E-state index in [-0.39, 0.29) is 43.5 Å². The first kappa shape index (κ1) is 42.7. The highest BCUT2D eigenvalue weighted by atomic mass is 16.7. The van der Waals surface area contributed by atoms with Gasteiger partial charge in [-0.3, -0.25) is 4.79 Å². The fourth-order valence-corrected chi connectivity index (χ4v) is 3.82. The second-order valence-electron chi connectivity index (χ2n) is 10.8. The molecule has 0 saturated heterocycles. The predicted octanol–water partition coefficient (Wildman–Crippen LogP) is 7.18. The van der Waals surface area contributed by atoms with Gasteiger partial charge in [-0.1, -0.05) is 30.9 Å². The first-order chi connectivity index (χ1) is 25.4. The lowest BCUT2D eigenvalue weighted by Crippen LogP contribution is -2.13. The van der Waals surface area contributed by atoms with Crippen molar-refractivity contribution in [2.75, 3.05) is 26.4 Å². The molecule has 14 heteroatoms. The molecule has 0 amide bonds. The zero-order valence-electron chi connectivity index (χ0n) is 29.8. The van der Waals surface area contributed by atoms with Crippen LogP contribution in [0.25, 0.3) is 0 Å². The number of hydrogen-bond acceptors (Lipinski definition) is 14. The van der Waals surface area contributed by atoms with Gasteiger partial charge in [0.05, 0.1) is 32.0 Å². The maximum atomic E-state index is 12.3. The van der Waals surface area contributed by atoms with Gasteiger partial charge >= 0.3 is 36.2 Å². The van der Waals surface area contributed by atoms with Gasteiger partial charge < -0.3 is 37.9 Å². The molecule has 0 aliphatic rings. The van der Waals surface area contributed by atoms with E-state index in [0.717, 1.165) is 17.7 Å². The van der Waals surface area contributed by atoms with Crippen LogP contribution in [0.2, 0.25) is 0 Å². The highest BCUT2D eigenvalue weighted by Gasteiger charge is 2.13. The Morgan fingerprint density at radius 1 is 0.547 bits per heavy atom. The molecule has 0 atom stereocenters. The minimum absolute atomic E-state index is 0.102. The molecule has 0 fully saturated rings. The van der Waals surface area contributed by atoms with Crippen molar-refractivity contribution in [3.05, 3.63) is 109 Å². The third-order valence-corrected chi connectivity index (χ3v) is 6.46. The van der Waals surface area contributed by atoms with Gasteiger partial charge in [-0.05, 0) is 99.7 Å². The summed E-state index contributed by atoms with van der Waals surface area (Å²) >= 11 is 0. The third-order valence-electron chi connectivity index (χ3n) is 6.46. The first-order valence-electron chi connectivity index (χ1n) is 16.4. The number of ether oxygens (including phenoxy) is 8. The SMILES string of the molecule is C=CC(=O)OCCCCOC(=O)Oc1ccc(C(=O)Oc2ccc(OC(C)=O)c(C)c2)cc1.C=CC(=O)OCCCCOC(=O)Oc1ccc(C)cc1. The largest absolute Gasteiger partial charge is 0.513 e. The Balaban J connectivity index is 0.000000415. The van der Waals surface area contributed by atoms with Crippen molar-refractivity contribution >= 4 is 36.2 Å². The van der Waals surface area contributed by atoms with Crippen molar-refractivity contribution in [2.45, 2.75) is 46.5 Å². The van der Waals surface area contributed by atoms with Crippen LogP contribution in [0.5, 0.6) is 23.0 Å². The summed E-state index contributed by atoms with van der Waals surface area (Å²) in [7, 11) is 0. The van der Waals surface area contributed by atoms with Gasteiger partial charge in [0.25, 0.3) is 0 Å². The van der Waals surface area contributed by atoms with E-state index in [1.807, 2.05) is 19.1 Å². The molecule has 3 aromatic carbocycles. The van der Waals surface area contributed by atoms with Crippen LogP contribution in [-0.4, -0.2) is 62.6 Å². The summed E-state index contributed by atoms with van der Waals surface area (Å²) in [5, 5.41) is 0. The van der Waals surface area contributed by atoms with Crippen LogP contribution in [0.1, 0.15) is 54.1 Å². The van der Waals surface area contributed by atoms with E-state index in [1.165, 1.54) is 43.3 Å². The van der Waals surface area contributed by atoms with Crippen LogP contribution in [0.3, 0.4) is 0 Å². The standard InChI is InChI=1S/C24H24O9.C15H18O5/c1-4-22(26)29-13-5-6-14-30-24(28)33-19-9-7-18(8-10-19)23(27)32-20-11-12-21(16(2)15-20)31-17(3)25;1-3-14(16)18-10-4-5-11-19-15(17)20-13-8-6-12(2)7-9-13/h4,7-12,15H,1,5-6,13-14H2,2-3H3;3,6-9H,1,4-5,10-11H2,2H3. The summed E-state index contributed by atoms with van der Waals surface area (Å²) < 4.78 is 39.8. The second kappa shape index (κ2) is 23.9. The van der Waals surface area contributed by atoms with E-state index in [4.69, 9.17) is 37.9 Å². The molecule has 0 saturated carbocycles. The van der Waals surface area contributed by atoms with Crippen molar-refractivity contribution in [1.82, 2.24) is 0 Å². The maximum absolute atomic E-state index is 12.3. The van der Waals surface area contributed by atoms with Gasteiger partial charge in [0, 0.05) is 19.1 Å². The van der Waals surface area contributed by atoms with Crippen molar-refractivity contribution in [1.29, 1.82) is 0 Å². The summed E-state index contributed by atoms with van der Waals surface area (Å²) in [6, 6.07) is 17.5. The monoisotopic (exact) mass is 734 g/mol. The number of aryl methyl sites for hydroxylation is 2. The number of esters is 4. The lowest BCUT2D eigenvalue weighted by atomic mass is 10.2. The Hall–Kier alpha value is -6.44. The molecule has 0 bridgehead atoms. The molecule has 0 aromatic heterocycles. The van der Waals surface area contributed by atoms with E-state index in [2.05, 4.69) is 13.2 Å². The number of carbonyl (C=O) groups excluding carboxylic acids is 6. The molecule has 0 aliphatic carbocycles. The fourth-order valence-electron chi connectivity index (χ4n) is 3.82. The Kier molecular flexibility index (Phi) is 19.2. The van der Waals surface area contributed by atoms with Crippen molar-refractivity contribution in [3.63, 3.8) is 0 Å². The molecular formula is C39H42O14. The van der Waals surface area contributed by atoms with Crippen LogP contribution >= 0.6 is 0 Å². The molecule has 0 heterocycles. The van der Waals surface area contributed by atoms with E-state index < -0.39 is 36.2 Å². The lowest BCUT2D eigenvalue weighted by molar-refractivity contribution is -0.138. The molecule has 0 radical (unpaired) electrons. The van der Waals surface area contributed by atoms with Crippen LogP contribution in [0.15, 0.2) is 92.0 Å². The summed E-state index contributed by atoms with van der Waals surface area (Å²) in [4.78, 5) is 68.1. The Morgan fingerprint density at radius 2 is 0.981 bits per heavy atom. The van der Waals surface area contributed by atoms with Crippen LogP contribution in [0, 0.1) is 13.8 Å². The van der Waals surface area contributed by atoms with Crippen LogP contribution < -0.4 is 18.9 Å². The fraction of sp³-hybridized carbons (Fsp3) is 0.282. The van der Waals surface area contributed by atoms with E-state index in [9.17, 15) is 28.8 Å². The normalized spacial score (nSPS) is 9.87. The second-order valence-corrected chi connectivity index (χ2v) is 10.8. The molecule has 3 rings (SSSR count). The van der Waals surface area contributed by atoms with Crippen molar-refractivity contribution < 1.29 is 66.7 Å². The van der Waals surface area contributed by atoms with Gasteiger partial charge in [-0.15, -0.1) is 0 Å². The van der Waals surface area contributed by atoms with Crippen molar-refractivity contribution in [3.8, 4) is 23.0 Å². The molecule has 282 valence electrons. The molecule has 0 aliphatic heterocycles. The van der Waals surface area contributed by atoms with Gasteiger partial charge in [0.2, 0.25) is 0 Å². The Bertz CT molecular complexity index is 1690. The zero-order chi connectivity index (χ0) is 39.0. The molecule has 14 nitrogen and oxygen atoms in total. The van der Waals surface area contributed by atoms with E-state index in [0.29, 0.717) is 42.7 Å². The van der Waals surface area contributed by atoms with E-state index >= 15 is 0 Å². The maximum Gasteiger partial charge on any atom is 0.513 e. The quantitative estimate of drug-likeness (QED) is 0.0340. The number of carbonyl (C=O) groups is 6. The van der Waals surface area contributed by atoms with Crippen LogP contribution in [-0.2, 0) is 33.3 Å². The molecule has 0 spiro atoms. The number of unbranched alkanes of at least 4 members (excludes halogenated alkanes) is 2. The predicted molar refractivity (Wildman–Crippen MR) is 190 cm³/mol. The number of hydrogen-bond donors (Lipinski definition) is 0. The Labute approximate surface area is 307 Å². The minimum atomic E-state index is -0.892. The molecule has 0 N–H and O–H groups in total. The first-order valence-corrected chi connectivity index (χ1v) is 16.4. The third kappa shape index (κ3) is 18.4. The van der Waals surface area contributed by atoms with Gasteiger partial charge in [0.1, 0.15) is 23.0 Å². The van der Waals surface area contributed by atoms with Gasteiger partial charge in [-0.25, -0.2) is 24.0 Å². The van der Waals surface area contributed by atoms with Crippen LogP contribution in [0.4, 0.5) is 9.59 Å². The smallest absolute Gasteiger partial charge is 0.463 e. The summed E-state index contributed by atoms with van der Waals surface area (Å²) in [5.41, 5.74) is 1.96. The lowest BCUT2D eigenvalue weighted by Gasteiger charge is -2.09. The summed E-state index contributed by atoms with van der Waals surface area (Å²) in [6.45, 7) is 12.3. The molecule has 0 unspecified atom stereocenters. The number of rotatable bonds is 17. The topological polar surface area (TPSA) is 176 Å².